The first-order valence-corrected chi connectivity index (χ1v) is 11.2. The van der Waals surface area contributed by atoms with E-state index < -0.39 is 23.8 Å². The van der Waals surface area contributed by atoms with Gasteiger partial charge in [0.2, 0.25) is 5.91 Å². The summed E-state index contributed by atoms with van der Waals surface area (Å²) in [5.74, 6) is -0.895. The Kier molecular flexibility index (Phi) is 6.13. The third-order valence-corrected chi connectivity index (χ3v) is 7.47. The Bertz CT molecular complexity index is 836. The van der Waals surface area contributed by atoms with Crippen LogP contribution in [-0.2, 0) is 11.0 Å². The van der Waals surface area contributed by atoms with Crippen molar-refractivity contribution in [1.29, 1.82) is 0 Å². The SMILES string of the molecule is Cc1ccc(C(F)(F)F)cc1N1CCN(C(=O)C2CC2C2CCC(C(F)(F)F)CC2)CC1. The summed E-state index contributed by atoms with van der Waals surface area (Å²) in [5.41, 5.74) is 0.616. The molecule has 32 heavy (non-hydrogen) atoms. The molecule has 1 aromatic rings. The number of hydrogen-bond acceptors (Lipinski definition) is 2. The van der Waals surface area contributed by atoms with Gasteiger partial charge in [0.05, 0.1) is 11.5 Å². The topological polar surface area (TPSA) is 23.6 Å². The lowest BCUT2D eigenvalue weighted by Gasteiger charge is -2.37. The summed E-state index contributed by atoms with van der Waals surface area (Å²) in [5, 5.41) is 0. The number of hydrogen-bond donors (Lipinski definition) is 0. The van der Waals surface area contributed by atoms with E-state index in [9.17, 15) is 31.1 Å². The van der Waals surface area contributed by atoms with E-state index in [1.807, 2.05) is 4.90 Å². The van der Waals surface area contributed by atoms with Crippen LogP contribution in [0.25, 0.3) is 0 Å². The second-order valence-electron chi connectivity index (χ2n) is 9.47. The minimum absolute atomic E-state index is 0.0494. The molecule has 0 N–H and O–H groups in total. The van der Waals surface area contributed by atoms with Crippen LogP contribution in [0.4, 0.5) is 32.0 Å². The average molecular weight is 462 g/mol. The predicted molar refractivity (Wildman–Crippen MR) is 108 cm³/mol. The zero-order valence-corrected chi connectivity index (χ0v) is 18.0. The number of carbonyl (C=O) groups excluding carboxylic acids is 1. The van der Waals surface area contributed by atoms with Gasteiger partial charge in [-0.25, -0.2) is 0 Å². The van der Waals surface area contributed by atoms with E-state index in [0.717, 1.165) is 18.1 Å². The van der Waals surface area contributed by atoms with E-state index in [4.69, 9.17) is 0 Å². The number of amides is 1. The molecule has 0 aromatic heterocycles. The van der Waals surface area contributed by atoms with E-state index in [1.165, 1.54) is 12.1 Å². The molecule has 1 aliphatic heterocycles. The largest absolute Gasteiger partial charge is 0.416 e. The first-order valence-electron chi connectivity index (χ1n) is 11.2. The molecule has 1 heterocycles. The number of halogens is 6. The van der Waals surface area contributed by atoms with Crippen LogP contribution in [0.3, 0.4) is 0 Å². The molecular formula is C23H28F6N2O. The third-order valence-electron chi connectivity index (χ3n) is 7.47. The molecule has 3 aliphatic rings. The second-order valence-corrected chi connectivity index (χ2v) is 9.47. The monoisotopic (exact) mass is 462 g/mol. The lowest BCUT2D eigenvalue weighted by atomic mass is 9.79. The summed E-state index contributed by atoms with van der Waals surface area (Å²) in [6, 6.07) is 3.72. The van der Waals surface area contributed by atoms with Gasteiger partial charge in [-0.05, 0) is 68.6 Å². The number of benzene rings is 1. The second kappa shape index (κ2) is 8.45. The molecule has 1 amide bonds. The number of aryl methyl sites for hydroxylation is 1. The molecule has 2 atom stereocenters. The highest BCUT2D eigenvalue weighted by molar-refractivity contribution is 5.82. The zero-order chi connectivity index (χ0) is 23.3. The van der Waals surface area contributed by atoms with Crippen molar-refractivity contribution in [2.75, 3.05) is 31.1 Å². The van der Waals surface area contributed by atoms with E-state index in [1.54, 1.807) is 11.8 Å². The van der Waals surface area contributed by atoms with E-state index in [-0.39, 0.29) is 36.5 Å². The maximum atomic E-state index is 13.1. The highest BCUT2D eigenvalue weighted by atomic mass is 19.4. The summed E-state index contributed by atoms with van der Waals surface area (Å²) in [4.78, 5) is 16.6. The van der Waals surface area contributed by atoms with Gasteiger partial charge in [0.1, 0.15) is 0 Å². The molecule has 3 nitrogen and oxygen atoms in total. The molecule has 0 radical (unpaired) electrons. The van der Waals surface area contributed by atoms with Crippen molar-refractivity contribution in [2.45, 2.75) is 51.4 Å². The van der Waals surface area contributed by atoms with Gasteiger partial charge >= 0.3 is 12.4 Å². The molecule has 0 spiro atoms. The summed E-state index contributed by atoms with van der Waals surface area (Å²) >= 11 is 0. The average Bonchev–Trinajstić information content (AvgIpc) is 3.53. The summed E-state index contributed by atoms with van der Waals surface area (Å²) in [7, 11) is 0. The quantitative estimate of drug-likeness (QED) is 0.541. The molecule has 1 aromatic carbocycles. The van der Waals surface area contributed by atoms with Crippen LogP contribution in [0.5, 0.6) is 0 Å². The Balaban J connectivity index is 1.29. The smallest absolute Gasteiger partial charge is 0.368 e. The number of alkyl halides is 6. The lowest BCUT2D eigenvalue weighted by molar-refractivity contribution is -0.184. The predicted octanol–water partition coefficient (Wildman–Crippen LogP) is 5.67. The van der Waals surface area contributed by atoms with Crippen molar-refractivity contribution in [3.8, 4) is 0 Å². The number of anilines is 1. The zero-order valence-electron chi connectivity index (χ0n) is 18.0. The van der Waals surface area contributed by atoms with Crippen LogP contribution < -0.4 is 4.90 Å². The molecule has 2 saturated carbocycles. The maximum Gasteiger partial charge on any atom is 0.416 e. The van der Waals surface area contributed by atoms with Crippen molar-refractivity contribution in [3.05, 3.63) is 29.3 Å². The van der Waals surface area contributed by atoms with E-state index >= 15 is 0 Å². The first kappa shape index (κ1) is 23.2. The summed E-state index contributed by atoms with van der Waals surface area (Å²) in [6.07, 6.45) is -6.42. The van der Waals surface area contributed by atoms with Gasteiger partial charge in [0.25, 0.3) is 0 Å². The van der Waals surface area contributed by atoms with Gasteiger partial charge in [-0.3, -0.25) is 4.79 Å². The summed E-state index contributed by atoms with van der Waals surface area (Å²) < 4.78 is 77.8. The van der Waals surface area contributed by atoms with Crippen molar-refractivity contribution in [3.63, 3.8) is 0 Å². The van der Waals surface area contributed by atoms with Crippen LogP contribution in [0.2, 0.25) is 0 Å². The highest BCUT2D eigenvalue weighted by Crippen LogP contribution is 2.52. The maximum absolute atomic E-state index is 13.1. The van der Waals surface area contributed by atoms with Crippen molar-refractivity contribution in [2.24, 2.45) is 23.7 Å². The Hall–Kier alpha value is -1.93. The normalized spacial score (nSPS) is 29.2. The molecule has 0 bridgehead atoms. The fraction of sp³-hybridized carbons (Fsp3) is 0.696. The van der Waals surface area contributed by atoms with Gasteiger partial charge in [0, 0.05) is 37.8 Å². The van der Waals surface area contributed by atoms with Crippen LogP contribution in [0, 0.1) is 30.6 Å². The van der Waals surface area contributed by atoms with Gasteiger partial charge in [-0.2, -0.15) is 26.3 Å². The molecule has 4 rings (SSSR count). The molecule has 3 fully saturated rings. The fourth-order valence-electron chi connectivity index (χ4n) is 5.42. The molecule has 9 heteroatoms. The van der Waals surface area contributed by atoms with Gasteiger partial charge < -0.3 is 9.80 Å². The third kappa shape index (κ3) is 4.86. The van der Waals surface area contributed by atoms with Crippen molar-refractivity contribution < 1.29 is 31.1 Å². The molecular weight excluding hydrogens is 434 g/mol. The standard InChI is InChI=1S/C23H28F6N2O/c1-14-2-5-17(23(27,28)29)12-20(14)30-8-10-31(11-9-30)21(32)19-13-18(19)15-3-6-16(7-4-15)22(24,25)26/h2,5,12,15-16,18-19H,3-4,6-11,13H2,1H3. The van der Waals surface area contributed by atoms with Gasteiger partial charge in [-0.1, -0.05) is 6.07 Å². The molecule has 2 unspecified atom stereocenters. The fourth-order valence-corrected chi connectivity index (χ4v) is 5.42. The lowest BCUT2D eigenvalue weighted by Crippen LogP contribution is -2.49. The Morgan fingerprint density at radius 3 is 2.12 bits per heavy atom. The van der Waals surface area contributed by atoms with Crippen LogP contribution in [0.15, 0.2) is 18.2 Å². The molecule has 1 saturated heterocycles. The minimum Gasteiger partial charge on any atom is -0.368 e. The Morgan fingerprint density at radius 2 is 1.56 bits per heavy atom. The van der Waals surface area contributed by atoms with Gasteiger partial charge in [0.15, 0.2) is 0 Å². The highest BCUT2D eigenvalue weighted by Gasteiger charge is 2.51. The Morgan fingerprint density at radius 1 is 0.938 bits per heavy atom. The van der Waals surface area contributed by atoms with E-state index in [0.29, 0.717) is 44.7 Å². The van der Waals surface area contributed by atoms with Crippen LogP contribution >= 0.6 is 0 Å². The number of rotatable bonds is 3. The number of carbonyl (C=O) groups is 1. The van der Waals surface area contributed by atoms with Gasteiger partial charge in [-0.15, -0.1) is 0 Å². The van der Waals surface area contributed by atoms with Crippen molar-refractivity contribution >= 4 is 11.6 Å². The molecule has 2 aliphatic carbocycles. The van der Waals surface area contributed by atoms with Crippen LogP contribution in [0.1, 0.15) is 43.2 Å². The van der Waals surface area contributed by atoms with Crippen molar-refractivity contribution in [1.82, 2.24) is 4.90 Å². The number of nitrogens with zero attached hydrogens (tertiary/aromatic N) is 2. The minimum atomic E-state index is -4.40. The molecule has 178 valence electrons. The van der Waals surface area contributed by atoms with E-state index in [2.05, 4.69) is 0 Å². The van der Waals surface area contributed by atoms with Crippen LogP contribution in [-0.4, -0.2) is 43.2 Å². The Labute approximate surface area is 183 Å². The number of piperazine rings is 1. The first-order chi connectivity index (χ1) is 14.9. The summed E-state index contributed by atoms with van der Waals surface area (Å²) in [6.45, 7) is 3.58.